The van der Waals surface area contributed by atoms with Crippen molar-refractivity contribution in [2.45, 2.75) is 20.8 Å². The molecule has 148 valence electrons. The number of guanidine groups is 1. The van der Waals surface area contributed by atoms with Crippen molar-refractivity contribution >= 4 is 35.8 Å². The van der Waals surface area contributed by atoms with Crippen molar-refractivity contribution in [2.75, 3.05) is 40.3 Å². The molecule has 8 heteroatoms. The lowest BCUT2D eigenvalue weighted by Gasteiger charge is -2.23. The van der Waals surface area contributed by atoms with Gasteiger partial charge in [-0.25, -0.2) is 4.39 Å². The zero-order valence-corrected chi connectivity index (χ0v) is 18.5. The van der Waals surface area contributed by atoms with Crippen LogP contribution in [0, 0.1) is 11.2 Å². The summed E-state index contributed by atoms with van der Waals surface area (Å²) in [6.45, 7) is 7.80. The molecule has 0 fully saturated rings. The van der Waals surface area contributed by atoms with E-state index < -0.39 is 5.41 Å². The van der Waals surface area contributed by atoms with Crippen molar-refractivity contribution in [3.05, 3.63) is 30.1 Å². The van der Waals surface area contributed by atoms with Crippen LogP contribution in [0.2, 0.25) is 0 Å². The molecule has 0 aliphatic carbocycles. The van der Waals surface area contributed by atoms with Gasteiger partial charge in [-0.1, -0.05) is 20.8 Å². The Labute approximate surface area is 172 Å². The smallest absolute Gasteiger partial charge is 0.225 e. The van der Waals surface area contributed by atoms with E-state index in [1.54, 1.807) is 19.2 Å². The Morgan fingerprint density at radius 3 is 2.31 bits per heavy atom. The molecule has 0 bridgehead atoms. The van der Waals surface area contributed by atoms with E-state index in [0.29, 0.717) is 38.0 Å². The van der Waals surface area contributed by atoms with Gasteiger partial charge >= 0.3 is 0 Å². The molecule has 0 atom stereocenters. The standard InChI is InChI=1S/C18H29FN4O2.HI/c1-18(2,3)16(24)21-10-11-22-17(20-4)23(5)12-13-25-15-8-6-14(19)7-9-15;/h6-9H,10-13H2,1-5H3,(H,20,22)(H,21,24);1H. The summed E-state index contributed by atoms with van der Waals surface area (Å²) in [5, 5.41) is 6.07. The number of amides is 1. The number of halogens is 2. The summed E-state index contributed by atoms with van der Waals surface area (Å²) in [6, 6.07) is 5.93. The number of nitrogens with zero attached hydrogens (tertiary/aromatic N) is 2. The largest absolute Gasteiger partial charge is 0.492 e. The van der Waals surface area contributed by atoms with Gasteiger partial charge in [0.05, 0.1) is 6.54 Å². The second-order valence-electron chi connectivity index (χ2n) is 6.70. The quantitative estimate of drug-likeness (QED) is 0.273. The minimum atomic E-state index is -0.393. The van der Waals surface area contributed by atoms with Crippen molar-refractivity contribution in [2.24, 2.45) is 10.4 Å². The molecule has 0 unspecified atom stereocenters. The molecule has 0 aliphatic heterocycles. The summed E-state index contributed by atoms with van der Waals surface area (Å²) in [7, 11) is 3.60. The maximum atomic E-state index is 12.8. The summed E-state index contributed by atoms with van der Waals surface area (Å²) in [4.78, 5) is 17.9. The van der Waals surface area contributed by atoms with E-state index in [1.807, 2.05) is 32.7 Å². The Kier molecular flexibility index (Phi) is 11.2. The lowest BCUT2D eigenvalue weighted by molar-refractivity contribution is -0.128. The molecule has 0 saturated heterocycles. The molecule has 26 heavy (non-hydrogen) atoms. The van der Waals surface area contributed by atoms with Crippen LogP contribution in [-0.2, 0) is 4.79 Å². The van der Waals surface area contributed by atoms with Crippen LogP contribution in [0.1, 0.15) is 20.8 Å². The predicted molar refractivity (Wildman–Crippen MR) is 114 cm³/mol. The number of aliphatic imine (C=N–C) groups is 1. The van der Waals surface area contributed by atoms with Crippen LogP contribution < -0.4 is 15.4 Å². The van der Waals surface area contributed by atoms with Gasteiger partial charge in [0, 0.05) is 32.6 Å². The lowest BCUT2D eigenvalue weighted by Crippen LogP contribution is -2.45. The third-order valence-electron chi connectivity index (χ3n) is 3.46. The summed E-state index contributed by atoms with van der Waals surface area (Å²) >= 11 is 0. The summed E-state index contributed by atoms with van der Waals surface area (Å²) in [6.07, 6.45) is 0. The van der Waals surface area contributed by atoms with Gasteiger partial charge in [-0.3, -0.25) is 9.79 Å². The number of hydrogen-bond donors (Lipinski definition) is 2. The molecular formula is C18H30FIN4O2. The molecule has 0 aliphatic rings. The second kappa shape index (κ2) is 11.9. The molecule has 0 radical (unpaired) electrons. The number of hydrogen-bond acceptors (Lipinski definition) is 3. The highest BCUT2D eigenvalue weighted by molar-refractivity contribution is 14.0. The van der Waals surface area contributed by atoms with Gasteiger partial charge in [-0.15, -0.1) is 24.0 Å². The molecule has 2 N–H and O–H groups in total. The van der Waals surface area contributed by atoms with Crippen LogP contribution in [0.4, 0.5) is 4.39 Å². The lowest BCUT2D eigenvalue weighted by atomic mass is 9.96. The number of carbonyl (C=O) groups is 1. The minimum Gasteiger partial charge on any atom is -0.492 e. The SMILES string of the molecule is CN=C(NCCNC(=O)C(C)(C)C)N(C)CCOc1ccc(F)cc1.I. The van der Waals surface area contributed by atoms with E-state index in [4.69, 9.17) is 4.74 Å². The third-order valence-corrected chi connectivity index (χ3v) is 3.46. The first-order valence-corrected chi connectivity index (χ1v) is 8.32. The Morgan fingerprint density at radius 1 is 1.19 bits per heavy atom. The normalized spacial score (nSPS) is 11.4. The molecule has 0 aromatic heterocycles. The molecule has 0 saturated carbocycles. The van der Waals surface area contributed by atoms with Crippen LogP contribution in [0.3, 0.4) is 0 Å². The van der Waals surface area contributed by atoms with E-state index in [1.165, 1.54) is 12.1 Å². The zero-order chi connectivity index (χ0) is 18.9. The average molecular weight is 480 g/mol. The fourth-order valence-corrected chi connectivity index (χ4v) is 1.94. The zero-order valence-electron chi connectivity index (χ0n) is 16.1. The first-order chi connectivity index (χ1) is 11.7. The minimum absolute atomic E-state index is 0. The molecule has 6 nitrogen and oxygen atoms in total. The van der Waals surface area contributed by atoms with E-state index in [2.05, 4.69) is 15.6 Å². The van der Waals surface area contributed by atoms with Gasteiger partial charge in [0.15, 0.2) is 5.96 Å². The first-order valence-electron chi connectivity index (χ1n) is 8.32. The van der Waals surface area contributed by atoms with Crippen molar-refractivity contribution in [3.8, 4) is 5.75 Å². The monoisotopic (exact) mass is 480 g/mol. The van der Waals surface area contributed by atoms with Crippen molar-refractivity contribution in [1.82, 2.24) is 15.5 Å². The number of benzene rings is 1. The number of carbonyl (C=O) groups excluding carboxylic acids is 1. The number of likely N-dealkylation sites (N-methyl/N-ethyl adjacent to an activating group) is 1. The van der Waals surface area contributed by atoms with Gasteiger partial charge in [-0.2, -0.15) is 0 Å². The maximum absolute atomic E-state index is 12.8. The van der Waals surface area contributed by atoms with E-state index in [0.717, 1.165) is 0 Å². The Morgan fingerprint density at radius 2 is 1.77 bits per heavy atom. The van der Waals surface area contributed by atoms with Gasteiger partial charge in [0.25, 0.3) is 0 Å². The molecular weight excluding hydrogens is 450 g/mol. The van der Waals surface area contributed by atoms with Gasteiger partial charge < -0.3 is 20.3 Å². The van der Waals surface area contributed by atoms with Crippen LogP contribution >= 0.6 is 24.0 Å². The Hall–Kier alpha value is -1.58. The van der Waals surface area contributed by atoms with E-state index >= 15 is 0 Å². The Balaban J connectivity index is 0.00000625. The topological polar surface area (TPSA) is 66.0 Å². The molecule has 1 rings (SSSR count). The number of rotatable bonds is 7. The average Bonchev–Trinajstić information content (AvgIpc) is 2.55. The predicted octanol–water partition coefficient (Wildman–Crippen LogP) is 2.49. The Bertz CT molecular complexity index is 574. The fraction of sp³-hybridized carbons (Fsp3) is 0.556. The van der Waals surface area contributed by atoms with Crippen LogP contribution in [-0.4, -0.2) is 57.1 Å². The van der Waals surface area contributed by atoms with Gasteiger partial charge in [0.2, 0.25) is 5.91 Å². The van der Waals surface area contributed by atoms with Crippen molar-refractivity contribution in [3.63, 3.8) is 0 Å². The van der Waals surface area contributed by atoms with Crippen molar-refractivity contribution in [1.29, 1.82) is 0 Å². The van der Waals surface area contributed by atoms with Crippen LogP contribution in [0.15, 0.2) is 29.3 Å². The number of nitrogens with one attached hydrogen (secondary N) is 2. The van der Waals surface area contributed by atoms with Crippen molar-refractivity contribution < 1.29 is 13.9 Å². The highest BCUT2D eigenvalue weighted by Crippen LogP contribution is 2.12. The maximum Gasteiger partial charge on any atom is 0.225 e. The van der Waals surface area contributed by atoms with E-state index in [9.17, 15) is 9.18 Å². The second-order valence-corrected chi connectivity index (χ2v) is 6.70. The molecule has 0 spiro atoms. The highest BCUT2D eigenvalue weighted by Gasteiger charge is 2.20. The third kappa shape index (κ3) is 9.21. The number of ether oxygens (including phenoxy) is 1. The van der Waals surface area contributed by atoms with E-state index in [-0.39, 0.29) is 35.7 Å². The van der Waals surface area contributed by atoms with Gasteiger partial charge in [0.1, 0.15) is 18.2 Å². The summed E-state index contributed by atoms with van der Waals surface area (Å²) < 4.78 is 18.4. The molecule has 0 heterocycles. The molecule has 1 aromatic rings. The van der Waals surface area contributed by atoms with Crippen LogP contribution in [0.25, 0.3) is 0 Å². The van der Waals surface area contributed by atoms with Crippen LogP contribution in [0.5, 0.6) is 5.75 Å². The fourth-order valence-electron chi connectivity index (χ4n) is 1.94. The summed E-state index contributed by atoms with van der Waals surface area (Å²) in [5.41, 5.74) is -0.393. The summed E-state index contributed by atoms with van der Waals surface area (Å²) in [5.74, 6) is 1.08. The first kappa shape index (κ1) is 24.4. The van der Waals surface area contributed by atoms with Gasteiger partial charge in [-0.05, 0) is 24.3 Å². The molecule has 1 aromatic carbocycles. The highest BCUT2D eigenvalue weighted by atomic mass is 127. The molecule has 1 amide bonds.